The Kier molecular flexibility index (Phi) is 5.23. The molecular formula is C19H23ClN4O. The van der Waals surface area contributed by atoms with Gasteiger partial charge in [-0.1, -0.05) is 24.6 Å². The number of aromatic nitrogens is 2. The van der Waals surface area contributed by atoms with E-state index in [-0.39, 0.29) is 5.91 Å². The molecule has 0 bridgehead atoms. The van der Waals surface area contributed by atoms with E-state index >= 15 is 0 Å². The van der Waals surface area contributed by atoms with Gasteiger partial charge in [-0.05, 0) is 56.4 Å². The number of nitrogens with zero attached hydrogens (tertiary/aromatic N) is 3. The molecule has 1 amide bonds. The first kappa shape index (κ1) is 17.7. The van der Waals surface area contributed by atoms with Crippen molar-refractivity contribution >= 4 is 29.1 Å². The maximum absolute atomic E-state index is 12.6. The van der Waals surface area contributed by atoms with Crippen molar-refractivity contribution in [3.8, 4) is 0 Å². The zero-order valence-corrected chi connectivity index (χ0v) is 15.6. The quantitative estimate of drug-likeness (QED) is 0.891. The van der Waals surface area contributed by atoms with E-state index in [9.17, 15) is 4.79 Å². The van der Waals surface area contributed by atoms with E-state index in [1.165, 1.54) is 6.42 Å². The van der Waals surface area contributed by atoms with Gasteiger partial charge >= 0.3 is 0 Å². The van der Waals surface area contributed by atoms with Crippen molar-refractivity contribution in [1.82, 2.24) is 9.97 Å². The van der Waals surface area contributed by atoms with Gasteiger partial charge < -0.3 is 10.2 Å². The summed E-state index contributed by atoms with van der Waals surface area (Å²) in [5.74, 6) is 1.00. The molecule has 2 heterocycles. The van der Waals surface area contributed by atoms with E-state index < -0.39 is 0 Å². The third kappa shape index (κ3) is 4.28. The molecule has 0 spiro atoms. The summed E-state index contributed by atoms with van der Waals surface area (Å²) in [7, 11) is 0. The van der Waals surface area contributed by atoms with Gasteiger partial charge in [-0.3, -0.25) is 4.79 Å². The highest BCUT2D eigenvalue weighted by Crippen LogP contribution is 2.22. The first-order chi connectivity index (χ1) is 11.9. The molecule has 1 aromatic heterocycles. The van der Waals surface area contributed by atoms with Gasteiger partial charge in [0.2, 0.25) is 5.95 Å². The molecule has 132 valence electrons. The summed E-state index contributed by atoms with van der Waals surface area (Å²) in [6, 6.07) is 7.17. The number of halogens is 1. The lowest BCUT2D eigenvalue weighted by Crippen LogP contribution is -2.36. The highest BCUT2D eigenvalue weighted by atomic mass is 35.5. The number of carbonyl (C=O) groups excluding carboxylic acids is 1. The van der Waals surface area contributed by atoms with Crippen LogP contribution >= 0.6 is 11.6 Å². The average molecular weight is 359 g/mol. The number of benzene rings is 1. The molecule has 5 nitrogen and oxygen atoms in total. The molecule has 0 saturated carbocycles. The van der Waals surface area contributed by atoms with Crippen LogP contribution < -0.4 is 10.2 Å². The van der Waals surface area contributed by atoms with E-state index in [0.717, 1.165) is 30.8 Å². The van der Waals surface area contributed by atoms with Crippen LogP contribution in [0.1, 0.15) is 41.5 Å². The zero-order chi connectivity index (χ0) is 18.0. The second-order valence-corrected chi connectivity index (χ2v) is 7.21. The van der Waals surface area contributed by atoms with E-state index in [2.05, 4.69) is 27.1 Å². The van der Waals surface area contributed by atoms with Crippen LogP contribution in [0.3, 0.4) is 0 Å². The van der Waals surface area contributed by atoms with Crippen molar-refractivity contribution in [2.75, 3.05) is 23.3 Å². The van der Waals surface area contributed by atoms with Crippen LogP contribution in [0, 0.1) is 19.8 Å². The van der Waals surface area contributed by atoms with Crippen molar-refractivity contribution in [1.29, 1.82) is 0 Å². The average Bonchev–Trinajstić information content (AvgIpc) is 2.57. The molecule has 0 radical (unpaired) electrons. The van der Waals surface area contributed by atoms with E-state index in [4.69, 9.17) is 11.6 Å². The van der Waals surface area contributed by atoms with Crippen LogP contribution in [-0.4, -0.2) is 29.0 Å². The summed E-state index contributed by atoms with van der Waals surface area (Å²) in [6.07, 6.45) is 2.35. The van der Waals surface area contributed by atoms with Crippen molar-refractivity contribution in [2.45, 2.75) is 33.6 Å². The monoisotopic (exact) mass is 358 g/mol. The minimum Gasteiger partial charge on any atom is -0.341 e. The zero-order valence-electron chi connectivity index (χ0n) is 14.8. The van der Waals surface area contributed by atoms with Crippen LogP contribution in [0.15, 0.2) is 24.3 Å². The number of anilines is 2. The maximum Gasteiger partial charge on any atom is 0.274 e. The second-order valence-electron chi connectivity index (χ2n) is 6.81. The highest BCUT2D eigenvalue weighted by Gasteiger charge is 2.20. The molecule has 1 N–H and O–H groups in total. The molecule has 0 aliphatic carbocycles. The number of carbonyl (C=O) groups is 1. The fraction of sp³-hybridized carbons (Fsp3) is 0.421. The smallest absolute Gasteiger partial charge is 0.274 e. The summed E-state index contributed by atoms with van der Waals surface area (Å²) >= 11 is 6.13. The Hall–Kier alpha value is -2.14. The van der Waals surface area contributed by atoms with Gasteiger partial charge in [-0.15, -0.1) is 0 Å². The van der Waals surface area contributed by atoms with Crippen molar-refractivity contribution in [2.24, 2.45) is 5.92 Å². The first-order valence-corrected chi connectivity index (χ1v) is 8.98. The molecule has 1 aliphatic heterocycles. The number of amides is 1. The second kappa shape index (κ2) is 7.40. The summed E-state index contributed by atoms with van der Waals surface area (Å²) in [5, 5.41) is 3.48. The molecule has 25 heavy (non-hydrogen) atoms. The molecule has 6 heteroatoms. The molecule has 1 saturated heterocycles. The largest absolute Gasteiger partial charge is 0.341 e. The number of hydrogen-bond acceptors (Lipinski definition) is 4. The predicted octanol–water partition coefficient (Wildman–Crippen LogP) is 4.24. The molecule has 1 atom stereocenters. The lowest BCUT2D eigenvalue weighted by molar-refractivity contribution is 0.102. The number of rotatable bonds is 3. The van der Waals surface area contributed by atoms with E-state index in [1.54, 1.807) is 12.1 Å². The van der Waals surface area contributed by atoms with Gasteiger partial charge in [0.25, 0.3) is 5.91 Å². The minimum absolute atomic E-state index is 0.253. The Morgan fingerprint density at radius 2 is 2.08 bits per heavy atom. The third-order valence-corrected chi connectivity index (χ3v) is 4.85. The lowest BCUT2D eigenvalue weighted by Gasteiger charge is -2.31. The molecular weight excluding hydrogens is 336 g/mol. The van der Waals surface area contributed by atoms with Crippen LogP contribution in [-0.2, 0) is 0 Å². The van der Waals surface area contributed by atoms with Crippen LogP contribution in [0.2, 0.25) is 5.02 Å². The van der Waals surface area contributed by atoms with Crippen LogP contribution in [0.25, 0.3) is 0 Å². The van der Waals surface area contributed by atoms with Gasteiger partial charge in [-0.2, -0.15) is 0 Å². The molecule has 1 unspecified atom stereocenters. The summed E-state index contributed by atoms with van der Waals surface area (Å²) in [4.78, 5) is 23.8. The van der Waals surface area contributed by atoms with Crippen molar-refractivity contribution in [3.63, 3.8) is 0 Å². The number of aryl methyl sites for hydroxylation is 2. The standard InChI is InChI=1S/C19H23ClN4O/c1-12-5-4-8-24(11-12)19-21-14(3)9-17(23-19)18(25)22-15-7-6-13(2)16(20)10-15/h6-7,9-10,12H,4-5,8,11H2,1-3H3,(H,22,25). The molecule has 2 aromatic rings. The van der Waals surface area contributed by atoms with Gasteiger partial charge in [0.15, 0.2) is 0 Å². The van der Waals surface area contributed by atoms with Crippen molar-refractivity contribution < 1.29 is 4.79 Å². The van der Waals surface area contributed by atoms with E-state index in [1.807, 2.05) is 26.0 Å². The molecule has 3 rings (SSSR count). The Labute approximate surface area is 153 Å². The normalized spacial score (nSPS) is 17.4. The number of nitrogens with one attached hydrogen (secondary N) is 1. The summed E-state index contributed by atoms with van der Waals surface area (Å²) in [6.45, 7) is 7.91. The van der Waals surface area contributed by atoms with Crippen LogP contribution in [0.4, 0.5) is 11.6 Å². The Balaban J connectivity index is 1.81. The van der Waals surface area contributed by atoms with Gasteiger partial charge in [-0.25, -0.2) is 9.97 Å². The molecule has 1 aromatic carbocycles. The summed E-state index contributed by atoms with van der Waals surface area (Å²) in [5.41, 5.74) is 2.79. The topological polar surface area (TPSA) is 58.1 Å². The van der Waals surface area contributed by atoms with Gasteiger partial charge in [0.1, 0.15) is 5.69 Å². The van der Waals surface area contributed by atoms with Crippen LogP contribution in [0.5, 0.6) is 0 Å². The highest BCUT2D eigenvalue weighted by molar-refractivity contribution is 6.31. The van der Waals surface area contributed by atoms with Gasteiger partial charge in [0, 0.05) is 29.5 Å². The number of hydrogen-bond donors (Lipinski definition) is 1. The predicted molar refractivity (Wildman–Crippen MR) is 102 cm³/mol. The number of piperidine rings is 1. The molecule has 1 fully saturated rings. The first-order valence-electron chi connectivity index (χ1n) is 8.60. The van der Waals surface area contributed by atoms with E-state index in [0.29, 0.717) is 28.3 Å². The fourth-order valence-corrected chi connectivity index (χ4v) is 3.23. The maximum atomic E-state index is 12.6. The van der Waals surface area contributed by atoms with Crippen molar-refractivity contribution in [3.05, 3.63) is 46.2 Å². The fourth-order valence-electron chi connectivity index (χ4n) is 3.05. The SMILES string of the molecule is Cc1cc(C(=O)Nc2ccc(C)c(Cl)c2)nc(N2CCCC(C)C2)n1. The Bertz CT molecular complexity index is 793. The molecule has 1 aliphatic rings. The Morgan fingerprint density at radius 1 is 1.28 bits per heavy atom. The lowest BCUT2D eigenvalue weighted by atomic mass is 10.0. The third-order valence-electron chi connectivity index (χ3n) is 4.44. The summed E-state index contributed by atoms with van der Waals surface area (Å²) < 4.78 is 0. The Morgan fingerprint density at radius 3 is 2.80 bits per heavy atom. The minimum atomic E-state index is -0.253. The van der Waals surface area contributed by atoms with Gasteiger partial charge in [0.05, 0.1) is 0 Å².